The van der Waals surface area contributed by atoms with Crippen LogP contribution in [0, 0.1) is 11.6 Å². The molecule has 0 atom stereocenters. The first-order valence-electron chi connectivity index (χ1n) is 6.89. The maximum Gasteiger partial charge on any atom is 0.342 e. The highest BCUT2D eigenvalue weighted by Gasteiger charge is 2.57. The largest absolute Gasteiger partial charge is 0.505 e. The molecule has 4 nitrogen and oxygen atoms in total. The fourth-order valence-electron chi connectivity index (χ4n) is 2.99. The van der Waals surface area contributed by atoms with Gasteiger partial charge in [-0.25, -0.2) is 18.0 Å². The van der Waals surface area contributed by atoms with Gasteiger partial charge in [-0.2, -0.15) is 4.39 Å². The van der Waals surface area contributed by atoms with E-state index in [4.69, 9.17) is 9.84 Å². The number of phenols is 1. The van der Waals surface area contributed by atoms with E-state index in [1.165, 1.54) is 0 Å². The molecule has 1 fully saturated rings. The predicted molar refractivity (Wildman–Crippen MR) is 68.8 cm³/mol. The van der Waals surface area contributed by atoms with E-state index in [2.05, 4.69) is 0 Å². The summed E-state index contributed by atoms with van der Waals surface area (Å²) in [6.07, 6.45) is -0.634. The molecular formula is C15H12F4O4. The van der Waals surface area contributed by atoms with Crippen LogP contribution in [0.1, 0.15) is 36.0 Å². The number of hydrogen-bond acceptors (Lipinski definition) is 4. The molecule has 3 aliphatic rings. The SMILES string of the molecule is O=C(OC12CCC(O)(CC1)C(F)=C2F)c1ccc(O)c(F)c1F. The average Bonchev–Trinajstić information content (AvgIpc) is 2.52. The Kier molecular flexibility index (Phi) is 3.40. The van der Waals surface area contributed by atoms with Crippen molar-refractivity contribution in [2.75, 3.05) is 0 Å². The molecule has 1 saturated carbocycles. The Morgan fingerprint density at radius 2 is 1.61 bits per heavy atom. The molecule has 1 aromatic rings. The highest BCUT2D eigenvalue weighted by molar-refractivity contribution is 5.90. The van der Waals surface area contributed by atoms with Gasteiger partial charge in [0.15, 0.2) is 28.8 Å². The molecule has 23 heavy (non-hydrogen) atoms. The number of carbonyl (C=O) groups is 1. The Morgan fingerprint density at radius 3 is 2.22 bits per heavy atom. The van der Waals surface area contributed by atoms with Gasteiger partial charge in [-0.1, -0.05) is 0 Å². The standard InChI is InChI=1S/C15H12F4O4/c16-9-7(1-2-8(20)10(9)17)13(21)23-15-5-3-14(22,4-6-15)11(18)12(15)19/h1-2,20,22H,3-6H2. The van der Waals surface area contributed by atoms with Crippen molar-refractivity contribution in [1.29, 1.82) is 0 Å². The van der Waals surface area contributed by atoms with Crippen LogP contribution in [0.25, 0.3) is 0 Å². The van der Waals surface area contributed by atoms with Crippen LogP contribution >= 0.6 is 0 Å². The van der Waals surface area contributed by atoms with Gasteiger partial charge in [-0.3, -0.25) is 0 Å². The Hall–Kier alpha value is -2.09. The summed E-state index contributed by atoms with van der Waals surface area (Å²) in [4.78, 5) is 12.0. The second kappa shape index (κ2) is 4.95. The minimum Gasteiger partial charge on any atom is -0.505 e. The maximum absolute atomic E-state index is 14.2. The molecule has 2 N–H and O–H groups in total. The summed E-state index contributed by atoms with van der Waals surface area (Å²) in [5.41, 5.74) is -4.66. The van der Waals surface area contributed by atoms with E-state index in [9.17, 15) is 27.5 Å². The van der Waals surface area contributed by atoms with Gasteiger partial charge >= 0.3 is 5.97 Å². The summed E-state index contributed by atoms with van der Waals surface area (Å²) in [6.45, 7) is 0. The Bertz CT molecular complexity index is 720. The van der Waals surface area contributed by atoms with E-state index in [0.29, 0.717) is 0 Å². The molecule has 4 rings (SSSR count). The molecule has 0 aromatic heterocycles. The summed E-state index contributed by atoms with van der Waals surface area (Å²) >= 11 is 0. The van der Waals surface area contributed by atoms with Gasteiger partial charge in [0.25, 0.3) is 0 Å². The van der Waals surface area contributed by atoms with Gasteiger partial charge in [0.1, 0.15) is 5.60 Å². The fraction of sp³-hybridized carbons (Fsp3) is 0.400. The van der Waals surface area contributed by atoms with Gasteiger partial charge in [-0.05, 0) is 37.8 Å². The molecule has 0 heterocycles. The van der Waals surface area contributed by atoms with E-state index in [0.717, 1.165) is 12.1 Å². The van der Waals surface area contributed by atoms with Crippen molar-refractivity contribution in [2.24, 2.45) is 0 Å². The second-order valence-corrected chi connectivity index (χ2v) is 5.80. The third-order valence-corrected chi connectivity index (χ3v) is 4.46. The maximum atomic E-state index is 14.2. The summed E-state index contributed by atoms with van der Waals surface area (Å²) in [7, 11) is 0. The van der Waals surface area contributed by atoms with E-state index in [-0.39, 0.29) is 25.7 Å². The van der Waals surface area contributed by atoms with Crippen LogP contribution in [-0.4, -0.2) is 27.4 Å². The van der Waals surface area contributed by atoms with E-state index in [1.807, 2.05) is 0 Å². The van der Waals surface area contributed by atoms with E-state index in [1.54, 1.807) is 0 Å². The van der Waals surface area contributed by atoms with Gasteiger partial charge < -0.3 is 14.9 Å². The van der Waals surface area contributed by atoms with Gasteiger partial charge in [-0.15, -0.1) is 0 Å². The predicted octanol–water partition coefficient (Wildman–Crippen LogP) is 3.04. The number of halogens is 4. The molecule has 124 valence electrons. The molecule has 1 aromatic carbocycles. The minimum absolute atomic E-state index is 0.147. The molecular weight excluding hydrogens is 320 g/mol. The normalized spacial score (nSPS) is 29.8. The number of hydrogen-bond donors (Lipinski definition) is 2. The van der Waals surface area contributed by atoms with Crippen molar-refractivity contribution >= 4 is 5.97 Å². The summed E-state index contributed by atoms with van der Waals surface area (Å²) in [5, 5.41) is 18.9. The van der Waals surface area contributed by atoms with Crippen molar-refractivity contribution < 1.29 is 37.3 Å². The lowest BCUT2D eigenvalue weighted by molar-refractivity contribution is -0.102. The Labute approximate surface area is 128 Å². The van der Waals surface area contributed by atoms with Crippen molar-refractivity contribution in [3.05, 3.63) is 41.0 Å². The van der Waals surface area contributed by atoms with Crippen molar-refractivity contribution in [3.63, 3.8) is 0 Å². The van der Waals surface area contributed by atoms with Gasteiger partial charge in [0.05, 0.1) is 5.56 Å². The van der Waals surface area contributed by atoms with Crippen molar-refractivity contribution in [1.82, 2.24) is 0 Å². The third-order valence-electron chi connectivity index (χ3n) is 4.46. The highest BCUT2D eigenvalue weighted by atomic mass is 19.2. The monoisotopic (exact) mass is 332 g/mol. The number of carbonyl (C=O) groups excluding carboxylic acids is 1. The van der Waals surface area contributed by atoms with Crippen LogP contribution in [0.2, 0.25) is 0 Å². The summed E-state index contributed by atoms with van der Waals surface area (Å²) < 4.78 is 59.9. The Morgan fingerprint density at radius 1 is 1.00 bits per heavy atom. The number of rotatable bonds is 2. The second-order valence-electron chi connectivity index (χ2n) is 5.80. The molecule has 0 amide bonds. The quantitative estimate of drug-likeness (QED) is 0.645. The summed E-state index contributed by atoms with van der Waals surface area (Å²) in [5.74, 6) is -8.43. The van der Waals surface area contributed by atoms with Gasteiger partial charge in [0, 0.05) is 0 Å². The first-order valence-corrected chi connectivity index (χ1v) is 6.89. The number of esters is 1. The van der Waals surface area contributed by atoms with Gasteiger partial charge in [0.2, 0.25) is 5.82 Å². The molecule has 8 heteroatoms. The lowest BCUT2D eigenvalue weighted by Gasteiger charge is -2.47. The summed E-state index contributed by atoms with van der Waals surface area (Å²) in [6, 6.07) is 1.53. The zero-order valence-corrected chi connectivity index (χ0v) is 11.7. The molecule has 0 saturated heterocycles. The zero-order valence-electron chi connectivity index (χ0n) is 11.7. The van der Waals surface area contributed by atoms with E-state index >= 15 is 0 Å². The minimum atomic E-state index is -1.92. The number of benzene rings is 1. The molecule has 0 radical (unpaired) electrons. The van der Waals surface area contributed by atoms with Crippen LogP contribution in [0.15, 0.2) is 23.8 Å². The number of ether oxygens (including phenoxy) is 1. The molecule has 0 unspecified atom stereocenters. The third kappa shape index (κ3) is 2.20. The molecule has 0 aliphatic heterocycles. The topological polar surface area (TPSA) is 66.8 Å². The van der Waals surface area contributed by atoms with Crippen LogP contribution in [-0.2, 0) is 4.74 Å². The highest BCUT2D eigenvalue weighted by Crippen LogP contribution is 2.53. The van der Waals surface area contributed by atoms with Crippen LogP contribution in [0.3, 0.4) is 0 Å². The Balaban J connectivity index is 1.94. The first kappa shape index (κ1) is 15.8. The lowest BCUT2D eigenvalue weighted by atomic mass is 9.68. The van der Waals surface area contributed by atoms with E-state index < -0.39 is 51.8 Å². The lowest BCUT2D eigenvalue weighted by Crippen LogP contribution is -2.52. The molecule has 3 aliphatic carbocycles. The smallest absolute Gasteiger partial charge is 0.342 e. The van der Waals surface area contributed by atoms with Crippen molar-refractivity contribution in [2.45, 2.75) is 36.9 Å². The number of fused-ring (bicyclic) bond motifs is 2. The first-order chi connectivity index (χ1) is 10.7. The molecule has 2 bridgehead atoms. The average molecular weight is 332 g/mol. The van der Waals surface area contributed by atoms with Crippen LogP contribution < -0.4 is 0 Å². The molecule has 0 spiro atoms. The zero-order chi connectivity index (χ0) is 17.0. The number of aromatic hydroxyl groups is 1. The van der Waals surface area contributed by atoms with Crippen LogP contribution in [0.5, 0.6) is 5.75 Å². The van der Waals surface area contributed by atoms with Crippen LogP contribution in [0.4, 0.5) is 17.6 Å². The fourth-order valence-corrected chi connectivity index (χ4v) is 2.99. The van der Waals surface area contributed by atoms with Crippen molar-refractivity contribution in [3.8, 4) is 5.75 Å². The number of aliphatic hydroxyl groups is 1. The number of phenolic OH excluding ortho intramolecular Hbond substituents is 1.